The number of nitrogen functional groups attached to an aromatic ring is 1. The summed E-state index contributed by atoms with van der Waals surface area (Å²) in [7, 11) is 3.51. The molecule has 6 heteroatoms. The molecule has 0 atom stereocenters. The third-order valence-electron chi connectivity index (χ3n) is 3.83. The molecule has 1 aromatic carbocycles. The largest absolute Gasteiger partial charge is 0.398 e. The highest BCUT2D eigenvalue weighted by Gasteiger charge is 2.29. The van der Waals surface area contributed by atoms with Crippen molar-refractivity contribution < 1.29 is 9.59 Å². The molecule has 1 fully saturated rings. The summed E-state index contributed by atoms with van der Waals surface area (Å²) in [5.41, 5.74) is 6.60. The van der Waals surface area contributed by atoms with Crippen LogP contribution in [0.3, 0.4) is 0 Å². The zero-order valence-corrected chi connectivity index (χ0v) is 13.1. The Labute approximate surface area is 129 Å². The van der Waals surface area contributed by atoms with Gasteiger partial charge in [-0.3, -0.25) is 9.59 Å². The minimum absolute atomic E-state index is 0.00681. The van der Waals surface area contributed by atoms with Crippen molar-refractivity contribution in [3.63, 3.8) is 0 Å². The van der Waals surface area contributed by atoms with E-state index in [9.17, 15) is 9.59 Å². The molecule has 1 aliphatic rings. The van der Waals surface area contributed by atoms with Crippen molar-refractivity contribution >= 4 is 29.1 Å². The van der Waals surface area contributed by atoms with Gasteiger partial charge in [0.05, 0.1) is 10.6 Å². The van der Waals surface area contributed by atoms with Crippen LogP contribution in [-0.2, 0) is 4.79 Å². The van der Waals surface area contributed by atoms with Crippen molar-refractivity contribution in [2.45, 2.75) is 12.8 Å². The number of hydrogen-bond acceptors (Lipinski definition) is 3. The van der Waals surface area contributed by atoms with Crippen LogP contribution in [0, 0.1) is 5.92 Å². The van der Waals surface area contributed by atoms with E-state index >= 15 is 0 Å². The number of carbonyl (C=O) groups excluding carboxylic acids is 2. The molecule has 0 aromatic heterocycles. The SMILES string of the molecule is CN(C)C(=O)C1CCN(C(=O)c2c(N)cccc2Cl)CC1. The van der Waals surface area contributed by atoms with Gasteiger partial charge in [-0.05, 0) is 25.0 Å². The molecule has 2 rings (SSSR count). The van der Waals surface area contributed by atoms with Crippen LogP contribution in [0.25, 0.3) is 0 Å². The number of carbonyl (C=O) groups is 2. The van der Waals surface area contributed by atoms with Gasteiger partial charge >= 0.3 is 0 Å². The minimum Gasteiger partial charge on any atom is -0.398 e. The Morgan fingerprint density at radius 1 is 1.29 bits per heavy atom. The molecule has 1 heterocycles. The Balaban J connectivity index is 2.06. The molecule has 2 N–H and O–H groups in total. The number of nitrogens with two attached hydrogens (primary N) is 1. The van der Waals surface area contributed by atoms with Gasteiger partial charge in [-0.15, -0.1) is 0 Å². The van der Waals surface area contributed by atoms with E-state index < -0.39 is 0 Å². The monoisotopic (exact) mass is 309 g/mol. The summed E-state index contributed by atoms with van der Waals surface area (Å²) < 4.78 is 0. The Bertz CT molecular complexity index is 532. The number of halogens is 1. The van der Waals surface area contributed by atoms with E-state index in [1.807, 2.05) is 0 Å². The van der Waals surface area contributed by atoms with Crippen molar-refractivity contribution in [1.82, 2.24) is 9.80 Å². The normalized spacial score (nSPS) is 15.9. The van der Waals surface area contributed by atoms with E-state index in [-0.39, 0.29) is 17.7 Å². The van der Waals surface area contributed by atoms with Crippen LogP contribution >= 0.6 is 11.6 Å². The van der Waals surface area contributed by atoms with E-state index in [0.29, 0.717) is 42.2 Å². The topological polar surface area (TPSA) is 66.6 Å². The molecule has 5 nitrogen and oxygen atoms in total. The Hall–Kier alpha value is -1.75. The van der Waals surface area contributed by atoms with Gasteiger partial charge in [-0.2, -0.15) is 0 Å². The highest BCUT2D eigenvalue weighted by Crippen LogP contribution is 2.26. The first-order valence-electron chi connectivity index (χ1n) is 6.96. The summed E-state index contributed by atoms with van der Waals surface area (Å²) in [5.74, 6) is -0.0409. The maximum absolute atomic E-state index is 12.5. The van der Waals surface area contributed by atoms with Crippen LogP contribution in [0.4, 0.5) is 5.69 Å². The van der Waals surface area contributed by atoms with Crippen LogP contribution in [0.15, 0.2) is 18.2 Å². The van der Waals surface area contributed by atoms with Crippen molar-refractivity contribution in [3.8, 4) is 0 Å². The Morgan fingerprint density at radius 2 is 1.90 bits per heavy atom. The third-order valence-corrected chi connectivity index (χ3v) is 4.15. The number of rotatable bonds is 2. The van der Waals surface area contributed by atoms with Crippen molar-refractivity contribution in [1.29, 1.82) is 0 Å². The van der Waals surface area contributed by atoms with E-state index in [1.54, 1.807) is 42.1 Å². The molecule has 1 aliphatic heterocycles. The zero-order chi connectivity index (χ0) is 15.6. The van der Waals surface area contributed by atoms with E-state index in [2.05, 4.69) is 0 Å². The number of nitrogens with zero attached hydrogens (tertiary/aromatic N) is 2. The summed E-state index contributed by atoms with van der Waals surface area (Å²) in [6.45, 7) is 1.10. The first kappa shape index (κ1) is 15.6. The van der Waals surface area contributed by atoms with Gasteiger partial charge in [0, 0.05) is 38.8 Å². The average Bonchev–Trinajstić information content (AvgIpc) is 2.46. The lowest BCUT2D eigenvalue weighted by atomic mass is 9.95. The lowest BCUT2D eigenvalue weighted by Crippen LogP contribution is -2.43. The van der Waals surface area contributed by atoms with Gasteiger partial charge in [0.1, 0.15) is 0 Å². The van der Waals surface area contributed by atoms with Gasteiger partial charge in [0.15, 0.2) is 0 Å². The van der Waals surface area contributed by atoms with Crippen molar-refractivity contribution in [2.24, 2.45) is 5.92 Å². The summed E-state index contributed by atoms with van der Waals surface area (Å²) in [6, 6.07) is 5.05. The minimum atomic E-state index is -0.158. The Morgan fingerprint density at radius 3 is 2.43 bits per heavy atom. The molecule has 0 spiro atoms. The van der Waals surface area contributed by atoms with Crippen molar-refractivity contribution in [2.75, 3.05) is 32.9 Å². The molecule has 114 valence electrons. The van der Waals surface area contributed by atoms with E-state index in [4.69, 9.17) is 17.3 Å². The molecule has 0 saturated carbocycles. The predicted octanol–water partition coefficient (Wildman–Crippen LogP) is 1.86. The molecular formula is C15H20ClN3O2. The lowest BCUT2D eigenvalue weighted by Gasteiger charge is -2.32. The smallest absolute Gasteiger partial charge is 0.257 e. The molecule has 0 radical (unpaired) electrons. The number of benzene rings is 1. The summed E-state index contributed by atoms with van der Waals surface area (Å²) >= 11 is 6.08. The van der Waals surface area contributed by atoms with Crippen LogP contribution in [-0.4, -0.2) is 48.8 Å². The second-order valence-corrected chi connectivity index (χ2v) is 5.91. The highest BCUT2D eigenvalue weighted by atomic mass is 35.5. The van der Waals surface area contributed by atoms with E-state index in [1.165, 1.54) is 0 Å². The Kier molecular flexibility index (Phi) is 4.73. The fourth-order valence-corrected chi connectivity index (χ4v) is 2.88. The zero-order valence-electron chi connectivity index (χ0n) is 12.3. The van der Waals surface area contributed by atoms with Gasteiger partial charge in [-0.25, -0.2) is 0 Å². The van der Waals surface area contributed by atoms with Crippen molar-refractivity contribution in [3.05, 3.63) is 28.8 Å². The lowest BCUT2D eigenvalue weighted by molar-refractivity contribution is -0.134. The molecule has 1 saturated heterocycles. The second kappa shape index (κ2) is 6.35. The first-order chi connectivity index (χ1) is 9.91. The average molecular weight is 310 g/mol. The van der Waals surface area contributed by atoms with Crippen LogP contribution in [0.2, 0.25) is 5.02 Å². The maximum atomic E-state index is 12.5. The molecule has 0 unspecified atom stereocenters. The number of likely N-dealkylation sites (tertiary alicyclic amines) is 1. The molecular weight excluding hydrogens is 290 g/mol. The number of anilines is 1. The maximum Gasteiger partial charge on any atom is 0.257 e. The van der Waals surface area contributed by atoms with Gasteiger partial charge in [0.2, 0.25) is 5.91 Å². The molecule has 0 bridgehead atoms. The van der Waals surface area contributed by atoms with E-state index in [0.717, 1.165) is 0 Å². The van der Waals surface area contributed by atoms with Gasteiger partial charge in [-0.1, -0.05) is 17.7 Å². The second-order valence-electron chi connectivity index (χ2n) is 5.50. The number of piperidine rings is 1. The van der Waals surface area contributed by atoms with Gasteiger partial charge in [0.25, 0.3) is 5.91 Å². The first-order valence-corrected chi connectivity index (χ1v) is 7.34. The standard InChI is InChI=1S/C15H20ClN3O2/c1-18(2)14(20)10-6-8-19(9-7-10)15(21)13-11(16)4-3-5-12(13)17/h3-5,10H,6-9,17H2,1-2H3. The molecule has 1 aromatic rings. The van der Waals surface area contributed by atoms with Gasteiger partial charge < -0.3 is 15.5 Å². The predicted molar refractivity (Wildman–Crippen MR) is 83.2 cm³/mol. The van der Waals surface area contributed by atoms with Crippen LogP contribution < -0.4 is 5.73 Å². The third kappa shape index (κ3) is 3.29. The molecule has 0 aliphatic carbocycles. The fraction of sp³-hybridized carbons (Fsp3) is 0.467. The quantitative estimate of drug-likeness (QED) is 0.848. The fourth-order valence-electron chi connectivity index (χ4n) is 2.62. The summed E-state index contributed by atoms with van der Waals surface area (Å²) in [4.78, 5) is 27.8. The van der Waals surface area contributed by atoms with Crippen LogP contribution in [0.5, 0.6) is 0 Å². The number of hydrogen-bond donors (Lipinski definition) is 1. The molecule has 21 heavy (non-hydrogen) atoms. The highest BCUT2D eigenvalue weighted by molar-refractivity contribution is 6.34. The molecule has 2 amide bonds. The summed E-state index contributed by atoms with van der Waals surface area (Å²) in [6.07, 6.45) is 1.35. The van der Waals surface area contributed by atoms with Crippen LogP contribution in [0.1, 0.15) is 23.2 Å². The summed E-state index contributed by atoms with van der Waals surface area (Å²) in [5, 5.41) is 0.367. The number of amides is 2.